The molecule has 0 aliphatic carbocycles. The summed E-state index contributed by atoms with van der Waals surface area (Å²) in [6.45, 7) is 3.84. The van der Waals surface area contributed by atoms with Gasteiger partial charge in [-0.25, -0.2) is 4.79 Å². The maximum atomic E-state index is 10.9. The highest BCUT2D eigenvalue weighted by molar-refractivity contribution is 5.88. The van der Waals surface area contributed by atoms with E-state index < -0.39 is 5.97 Å². The van der Waals surface area contributed by atoms with Crippen LogP contribution in [0.5, 0.6) is 0 Å². The second-order valence-corrected chi connectivity index (χ2v) is 4.24. The van der Waals surface area contributed by atoms with Crippen LogP contribution < -0.4 is 0 Å². The zero-order valence-corrected chi connectivity index (χ0v) is 10.4. The Hall–Kier alpha value is -2.10. The lowest BCUT2D eigenvalue weighted by Gasteiger charge is -2.01. The predicted molar refractivity (Wildman–Crippen MR) is 67.6 cm³/mol. The maximum absolute atomic E-state index is 10.9. The molecule has 2 aromatic rings. The smallest absolute Gasteiger partial charge is 0.375 e. The fraction of sp³-hybridized carbons (Fsp3) is 0.286. The zero-order chi connectivity index (χ0) is 13.1. The van der Waals surface area contributed by atoms with Crippen LogP contribution >= 0.6 is 0 Å². The van der Waals surface area contributed by atoms with E-state index in [1.54, 1.807) is 6.92 Å². The van der Waals surface area contributed by atoms with Crippen LogP contribution in [-0.4, -0.2) is 16.2 Å². The first-order valence-electron chi connectivity index (χ1n) is 5.92. The zero-order valence-electron chi connectivity index (χ0n) is 10.4. The van der Waals surface area contributed by atoms with E-state index in [1.165, 1.54) is 5.56 Å². The van der Waals surface area contributed by atoms with Gasteiger partial charge in [-0.1, -0.05) is 42.8 Å². The summed E-state index contributed by atoms with van der Waals surface area (Å²) < 4.78 is 4.84. The number of aromatic carboxylic acids is 1. The number of aromatic nitrogens is 1. The number of hydrogen-bond donors (Lipinski definition) is 1. The Morgan fingerprint density at radius 2 is 2.00 bits per heavy atom. The molecule has 0 fully saturated rings. The maximum Gasteiger partial charge on any atom is 0.375 e. The van der Waals surface area contributed by atoms with Gasteiger partial charge in [-0.15, -0.1) is 0 Å². The molecule has 0 spiro atoms. The number of nitrogens with zero attached hydrogens (tertiary/aromatic N) is 1. The largest absolute Gasteiger partial charge is 0.475 e. The Kier molecular flexibility index (Phi) is 3.46. The van der Waals surface area contributed by atoms with Gasteiger partial charge < -0.3 is 9.63 Å². The van der Waals surface area contributed by atoms with Crippen molar-refractivity contribution >= 4 is 5.97 Å². The average molecular weight is 245 g/mol. The minimum Gasteiger partial charge on any atom is -0.475 e. The summed E-state index contributed by atoms with van der Waals surface area (Å²) in [5, 5.41) is 12.7. The SMILES string of the molecule is CCCc1ccc(-c2noc(C(=O)O)c2C)cc1. The molecule has 0 aliphatic rings. The normalized spacial score (nSPS) is 10.6. The van der Waals surface area contributed by atoms with Crippen molar-refractivity contribution in [1.82, 2.24) is 5.16 Å². The predicted octanol–water partition coefficient (Wildman–Crippen LogP) is 3.30. The van der Waals surface area contributed by atoms with Crippen molar-refractivity contribution in [3.63, 3.8) is 0 Å². The molecule has 4 heteroatoms. The van der Waals surface area contributed by atoms with Crippen molar-refractivity contribution in [2.24, 2.45) is 0 Å². The van der Waals surface area contributed by atoms with Crippen molar-refractivity contribution in [2.75, 3.05) is 0 Å². The van der Waals surface area contributed by atoms with E-state index in [2.05, 4.69) is 12.1 Å². The summed E-state index contributed by atoms with van der Waals surface area (Å²) in [5.74, 6) is -1.18. The van der Waals surface area contributed by atoms with Crippen molar-refractivity contribution < 1.29 is 14.4 Å². The minimum absolute atomic E-state index is 0.0948. The number of rotatable bonds is 4. The van der Waals surface area contributed by atoms with Crippen molar-refractivity contribution in [3.8, 4) is 11.3 Å². The second-order valence-electron chi connectivity index (χ2n) is 4.24. The highest BCUT2D eigenvalue weighted by Gasteiger charge is 2.18. The first-order valence-corrected chi connectivity index (χ1v) is 5.92. The van der Waals surface area contributed by atoms with Gasteiger partial charge in [-0.3, -0.25) is 0 Å². The summed E-state index contributed by atoms with van der Waals surface area (Å²) in [4.78, 5) is 10.9. The van der Waals surface area contributed by atoms with Gasteiger partial charge in [0.05, 0.1) is 0 Å². The molecular formula is C14H15NO3. The summed E-state index contributed by atoms with van der Waals surface area (Å²) in [6.07, 6.45) is 2.14. The molecule has 0 saturated carbocycles. The lowest BCUT2D eigenvalue weighted by atomic mass is 10.0. The van der Waals surface area contributed by atoms with E-state index in [4.69, 9.17) is 9.63 Å². The molecule has 0 bridgehead atoms. The van der Waals surface area contributed by atoms with E-state index >= 15 is 0 Å². The molecule has 0 aliphatic heterocycles. The van der Waals surface area contributed by atoms with Gasteiger partial charge in [0.25, 0.3) is 0 Å². The summed E-state index contributed by atoms with van der Waals surface area (Å²) in [7, 11) is 0. The lowest BCUT2D eigenvalue weighted by Crippen LogP contribution is -1.95. The number of carboxylic acid groups (broad SMARTS) is 1. The highest BCUT2D eigenvalue weighted by Crippen LogP contribution is 2.25. The number of aryl methyl sites for hydroxylation is 1. The topological polar surface area (TPSA) is 63.3 Å². The minimum atomic E-state index is -1.09. The third-order valence-corrected chi connectivity index (χ3v) is 2.88. The van der Waals surface area contributed by atoms with Gasteiger partial charge >= 0.3 is 5.97 Å². The molecule has 4 nitrogen and oxygen atoms in total. The molecule has 0 saturated heterocycles. The molecule has 0 unspecified atom stereocenters. The quantitative estimate of drug-likeness (QED) is 0.897. The lowest BCUT2D eigenvalue weighted by molar-refractivity contribution is 0.0651. The first-order chi connectivity index (χ1) is 8.63. The van der Waals surface area contributed by atoms with Gasteiger partial charge in [0.2, 0.25) is 5.76 Å². The van der Waals surface area contributed by atoms with Crippen LogP contribution in [0.3, 0.4) is 0 Å². The van der Waals surface area contributed by atoms with Crippen molar-refractivity contribution in [3.05, 3.63) is 41.2 Å². The fourth-order valence-corrected chi connectivity index (χ4v) is 1.92. The summed E-state index contributed by atoms with van der Waals surface area (Å²) in [5.41, 5.74) is 3.30. The van der Waals surface area contributed by atoms with Crippen LogP contribution in [0.15, 0.2) is 28.8 Å². The Morgan fingerprint density at radius 1 is 1.33 bits per heavy atom. The van der Waals surface area contributed by atoms with Gasteiger partial charge in [-0.2, -0.15) is 0 Å². The highest BCUT2D eigenvalue weighted by atomic mass is 16.5. The molecule has 1 aromatic carbocycles. The third kappa shape index (κ3) is 2.27. The molecule has 0 amide bonds. The van der Waals surface area contributed by atoms with Crippen LogP contribution in [-0.2, 0) is 6.42 Å². The molecule has 0 atom stereocenters. The van der Waals surface area contributed by atoms with Crippen molar-refractivity contribution in [1.29, 1.82) is 0 Å². The number of hydrogen-bond acceptors (Lipinski definition) is 3. The van der Waals surface area contributed by atoms with Crippen molar-refractivity contribution in [2.45, 2.75) is 26.7 Å². The Labute approximate surface area is 105 Å². The summed E-state index contributed by atoms with van der Waals surface area (Å²) in [6, 6.07) is 7.96. The molecule has 2 rings (SSSR count). The fourth-order valence-electron chi connectivity index (χ4n) is 1.92. The van der Waals surface area contributed by atoms with E-state index in [1.807, 2.05) is 24.3 Å². The standard InChI is InChI=1S/C14H15NO3/c1-3-4-10-5-7-11(8-6-10)12-9(2)13(14(16)17)18-15-12/h5-8H,3-4H2,1-2H3,(H,16,17). The third-order valence-electron chi connectivity index (χ3n) is 2.88. The second kappa shape index (κ2) is 5.04. The van der Waals surface area contributed by atoms with E-state index in [0.717, 1.165) is 18.4 Å². The molecule has 0 radical (unpaired) electrons. The Bertz CT molecular complexity index is 555. The van der Waals surface area contributed by atoms with Crippen LogP contribution in [0.4, 0.5) is 0 Å². The van der Waals surface area contributed by atoms with Crippen LogP contribution in [0.1, 0.15) is 35.0 Å². The number of benzene rings is 1. The number of carbonyl (C=O) groups is 1. The van der Waals surface area contributed by atoms with Gasteiger partial charge in [0.15, 0.2) is 0 Å². The van der Waals surface area contributed by atoms with E-state index in [-0.39, 0.29) is 5.76 Å². The first kappa shape index (κ1) is 12.4. The van der Waals surface area contributed by atoms with Crippen LogP contribution in [0, 0.1) is 6.92 Å². The molecule has 1 N–H and O–H groups in total. The van der Waals surface area contributed by atoms with E-state index in [9.17, 15) is 4.79 Å². The monoisotopic (exact) mass is 245 g/mol. The van der Waals surface area contributed by atoms with Crippen LogP contribution in [0.2, 0.25) is 0 Å². The Morgan fingerprint density at radius 3 is 2.50 bits per heavy atom. The van der Waals surface area contributed by atoms with Gasteiger partial charge in [-0.05, 0) is 18.9 Å². The molecular weight excluding hydrogens is 230 g/mol. The van der Waals surface area contributed by atoms with Gasteiger partial charge in [0.1, 0.15) is 5.69 Å². The average Bonchev–Trinajstić information content (AvgIpc) is 2.73. The summed E-state index contributed by atoms with van der Waals surface area (Å²) >= 11 is 0. The van der Waals surface area contributed by atoms with Crippen LogP contribution in [0.25, 0.3) is 11.3 Å². The Balaban J connectivity index is 2.34. The molecule has 1 aromatic heterocycles. The molecule has 94 valence electrons. The van der Waals surface area contributed by atoms with Gasteiger partial charge in [0, 0.05) is 11.1 Å². The molecule has 1 heterocycles. The van der Waals surface area contributed by atoms with E-state index in [0.29, 0.717) is 11.3 Å². The molecule has 18 heavy (non-hydrogen) atoms. The number of carboxylic acids is 1.